The van der Waals surface area contributed by atoms with E-state index in [1.165, 1.54) is 42.7 Å². The number of hydrogen-bond acceptors (Lipinski definition) is 7. The third kappa shape index (κ3) is 5.39. The number of amides is 1. The van der Waals surface area contributed by atoms with Crippen molar-refractivity contribution in [2.75, 3.05) is 19.5 Å². The van der Waals surface area contributed by atoms with Crippen LogP contribution in [-0.4, -0.2) is 44.3 Å². The van der Waals surface area contributed by atoms with Crippen LogP contribution in [0.4, 0.5) is 0 Å². The Kier molecular flexibility index (Phi) is 6.91. The highest BCUT2D eigenvalue weighted by molar-refractivity contribution is 7.92. The number of aromatic nitrogens is 1. The van der Waals surface area contributed by atoms with Crippen LogP contribution in [0.3, 0.4) is 0 Å². The van der Waals surface area contributed by atoms with Gasteiger partial charge >= 0.3 is 5.97 Å². The maximum atomic E-state index is 12.6. The zero-order valence-electron chi connectivity index (χ0n) is 17.3. The number of ether oxygens (including phenoxy) is 2. The minimum Gasteiger partial charge on any atom is -0.497 e. The molecule has 1 aromatic heterocycles. The highest BCUT2D eigenvalue weighted by atomic mass is 32.2. The number of carbonyl (C=O) groups excluding carboxylic acids is 2. The van der Waals surface area contributed by atoms with Gasteiger partial charge in [0.25, 0.3) is 5.91 Å². The number of thiazole rings is 1. The van der Waals surface area contributed by atoms with E-state index in [-0.39, 0.29) is 22.8 Å². The summed E-state index contributed by atoms with van der Waals surface area (Å²) in [6.45, 7) is 3.73. The monoisotopic (exact) mass is 462 g/mol. The van der Waals surface area contributed by atoms with Crippen LogP contribution in [0, 0.1) is 6.92 Å². The molecule has 0 aliphatic carbocycles. The fourth-order valence-electron chi connectivity index (χ4n) is 2.92. The standard InChI is InChI=1S/C21H22N2O6S2/c1-4-29-20(25)12-23-17-10-5-14(2)11-18(17)30-21(23)22-19(24)13-31(26,27)16-8-6-15(28-3)7-9-16/h5-11H,4,12-13H2,1-3H3. The van der Waals surface area contributed by atoms with E-state index >= 15 is 0 Å². The molecule has 0 aliphatic rings. The number of fused-ring (bicyclic) bond motifs is 1. The van der Waals surface area contributed by atoms with Crippen LogP contribution in [-0.2, 0) is 30.7 Å². The molecule has 0 N–H and O–H groups in total. The summed E-state index contributed by atoms with van der Waals surface area (Å²) in [5, 5.41) is 0. The Hall–Kier alpha value is -2.98. The second kappa shape index (κ2) is 9.44. The number of rotatable bonds is 7. The zero-order valence-corrected chi connectivity index (χ0v) is 19.0. The number of aryl methyl sites for hydroxylation is 1. The molecule has 8 nitrogen and oxygen atoms in total. The summed E-state index contributed by atoms with van der Waals surface area (Å²) in [6, 6.07) is 11.4. The summed E-state index contributed by atoms with van der Waals surface area (Å²) in [4.78, 5) is 28.8. The Morgan fingerprint density at radius 3 is 2.48 bits per heavy atom. The Morgan fingerprint density at radius 2 is 1.84 bits per heavy atom. The van der Waals surface area contributed by atoms with Gasteiger partial charge in [-0.1, -0.05) is 17.4 Å². The number of methoxy groups -OCH3 is 1. The van der Waals surface area contributed by atoms with Crippen molar-refractivity contribution in [2.45, 2.75) is 25.3 Å². The number of benzene rings is 2. The molecule has 10 heteroatoms. The van der Waals surface area contributed by atoms with Gasteiger partial charge in [-0.2, -0.15) is 4.99 Å². The summed E-state index contributed by atoms with van der Waals surface area (Å²) in [5.41, 5.74) is 1.73. The normalized spacial score (nSPS) is 12.2. The zero-order chi connectivity index (χ0) is 22.6. The summed E-state index contributed by atoms with van der Waals surface area (Å²) in [5.74, 6) is -1.57. The molecule has 3 rings (SSSR count). The number of sulfone groups is 1. The molecule has 1 heterocycles. The Labute approximate surface area is 183 Å². The van der Waals surface area contributed by atoms with Gasteiger partial charge in [0, 0.05) is 0 Å². The molecule has 2 aromatic carbocycles. The summed E-state index contributed by atoms with van der Waals surface area (Å²) < 4.78 is 37.6. The molecule has 164 valence electrons. The van der Waals surface area contributed by atoms with E-state index in [0.717, 1.165) is 10.3 Å². The predicted octanol–water partition coefficient (Wildman–Crippen LogP) is 2.48. The molecule has 0 bridgehead atoms. The van der Waals surface area contributed by atoms with E-state index in [4.69, 9.17) is 9.47 Å². The number of hydrogen-bond donors (Lipinski definition) is 0. The molecule has 0 saturated heterocycles. The van der Waals surface area contributed by atoms with Crippen LogP contribution in [0.5, 0.6) is 5.75 Å². The van der Waals surface area contributed by atoms with Crippen molar-refractivity contribution >= 4 is 43.3 Å². The van der Waals surface area contributed by atoms with Gasteiger partial charge in [-0.3, -0.25) is 9.59 Å². The van der Waals surface area contributed by atoms with Crippen LogP contribution in [0.25, 0.3) is 10.2 Å². The first-order valence-electron chi connectivity index (χ1n) is 9.43. The van der Waals surface area contributed by atoms with Gasteiger partial charge in [-0.05, 0) is 55.8 Å². The van der Waals surface area contributed by atoms with E-state index < -0.39 is 27.5 Å². The summed E-state index contributed by atoms with van der Waals surface area (Å²) in [6.07, 6.45) is 0. The Bertz CT molecular complexity index is 1290. The van der Waals surface area contributed by atoms with Crippen molar-refractivity contribution in [3.63, 3.8) is 0 Å². The molecule has 3 aromatic rings. The van der Waals surface area contributed by atoms with Crippen LogP contribution < -0.4 is 9.54 Å². The number of carbonyl (C=O) groups is 2. The molecule has 0 fully saturated rings. The molecule has 0 radical (unpaired) electrons. The van der Waals surface area contributed by atoms with E-state index in [2.05, 4.69) is 4.99 Å². The van der Waals surface area contributed by atoms with Crippen LogP contribution in [0.2, 0.25) is 0 Å². The number of nitrogens with zero attached hydrogens (tertiary/aromatic N) is 2. The lowest BCUT2D eigenvalue weighted by atomic mass is 10.2. The van der Waals surface area contributed by atoms with E-state index in [9.17, 15) is 18.0 Å². The maximum Gasteiger partial charge on any atom is 0.326 e. The highest BCUT2D eigenvalue weighted by Gasteiger charge is 2.20. The predicted molar refractivity (Wildman–Crippen MR) is 117 cm³/mol. The second-order valence-corrected chi connectivity index (χ2v) is 9.69. The number of esters is 1. The lowest BCUT2D eigenvalue weighted by Gasteiger charge is -2.06. The Balaban J connectivity index is 1.96. The molecular weight excluding hydrogens is 440 g/mol. The van der Waals surface area contributed by atoms with Gasteiger partial charge in [0.2, 0.25) is 0 Å². The quantitative estimate of drug-likeness (QED) is 0.500. The SMILES string of the molecule is CCOC(=O)Cn1c(=NC(=O)CS(=O)(=O)c2ccc(OC)cc2)sc2cc(C)ccc21. The van der Waals surface area contributed by atoms with Gasteiger partial charge in [0.05, 0.1) is 28.8 Å². The lowest BCUT2D eigenvalue weighted by Crippen LogP contribution is -2.24. The fraction of sp³-hybridized carbons (Fsp3) is 0.286. The maximum absolute atomic E-state index is 12.6. The highest BCUT2D eigenvalue weighted by Crippen LogP contribution is 2.20. The van der Waals surface area contributed by atoms with Crippen LogP contribution in [0.1, 0.15) is 12.5 Å². The smallest absolute Gasteiger partial charge is 0.326 e. The molecule has 31 heavy (non-hydrogen) atoms. The van der Waals surface area contributed by atoms with Gasteiger partial charge in [-0.25, -0.2) is 8.42 Å². The second-order valence-electron chi connectivity index (χ2n) is 6.69. The third-order valence-electron chi connectivity index (χ3n) is 4.38. The average molecular weight is 463 g/mol. The first kappa shape index (κ1) is 22.7. The van der Waals surface area contributed by atoms with Gasteiger partial charge in [0.1, 0.15) is 18.0 Å². The minimum absolute atomic E-state index is 0.00298. The molecule has 0 unspecified atom stereocenters. The molecule has 0 spiro atoms. The summed E-state index contributed by atoms with van der Waals surface area (Å²) in [7, 11) is -2.40. The van der Waals surface area contributed by atoms with Crippen molar-refractivity contribution in [1.29, 1.82) is 0 Å². The molecule has 0 saturated carbocycles. The van der Waals surface area contributed by atoms with Crippen LogP contribution in [0.15, 0.2) is 52.4 Å². The van der Waals surface area contributed by atoms with E-state index in [0.29, 0.717) is 11.3 Å². The van der Waals surface area contributed by atoms with E-state index in [1.54, 1.807) is 11.5 Å². The van der Waals surface area contributed by atoms with Crippen molar-refractivity contribution in [3.05, 3.63) is 52.8 Å². The first-order chi connectivity index (χ1) is 14.7. The molecule has 0 aliphatic heterocycles. The van der Waals surface area contributed by atoms with Crippen molar-refractivity contribution in [2.24, 2.45) is 4.99 Å². The van der Waals surface area contributed by atoms with Crippen molar-refractivity contribution in [3.8, 4) is 5.75 Å². The Morgan fingerprint density at radius 1 is 1.13 bits per heavy atom. The average Bonchev–Trinajstić information content (AvgIpc) is 3.03. The van der Waals surface area contributed by atoms with Crippen LogP contribution >= 0.6 is 11.3 Å². The third-order valence-corrected chi connectivity index (χ3v) is 7.04. The first-order valence-corrected chi connectivity index (χ1v) is 11.9. The lowest BCUT2D eigenvalue weighted by molar-refractivity contribution is -0.143. The van der Waals surface area contributed by atoms with Gasteiger partial charge in [-0.15, -0.1) is 0 Å². The van der Waals surface area contributed by atoms with E-state index in [1.807, 2.05) is 25.1 Å². The van der Waals surface area contributed by atoms with Gasteiger partial charge < -0.3 is 14.0 Å². The molecule has 0 atom stereocenters. The van der Waals surface area contributed by atoms with Gasteiger partial charge in [0.15, 0.2) is 14.6 Å². The minimum atomic E-state index is -3.88. The summed E-state index contributed by atoms with van der Waals surface area (Å²) >= 11 is 1.21. The van der Waals surface area contributed by atoms with Crippen molar-refractivity contribution < 1.29 is 27.5 Å². The topological polar surface area (TPSA) is 104 Å². The van der Waals surface area contributed by atoms with Crippen molar-refractivity contribution in [1.82, 2.24) is 4.57 Å². The molecule has 1 amide bonds. The fourth-order valence-corrected chi connectivity index (χ4v) is 5.17. The molecular formula is C21H22N2O6S2. The largest absolute Gasteiger partial charge is 0.497 e.